The van der Waals surface area contributed by atoms with Crippen molar-refractivity contribution in [3.63, 3.8) is 0 Å². The predicted octanol–water partition coefficient (Wildman–Crippen LogP) is 1.71. The summed E-state index contributed by atoms with van der Waals surface area (Å²) in [6.07, 6.45) is 0.824. The summed E-state index contributed by atoms with van der Waals surface area (Å²) >= 11 is 4.83. The number of hydrogen-bond donors (Lipinski definition) is 2. The Morgan fingerprint density at radius 3 is 2.91 bits per heavy atom. The summed E-state index contributed by atoms with van der Waals surface area (Å²) in [5.41, 5.74) is 0.258. The van der Waals surface area contributed by atoms with Crippen molar-refractivity contribution >= 4 is 33.7 Å². The van der Waals surface area contributed by atoms with Gasteiger partial charge < -0.3 is 10.4 Å². The highest BCUT2D eigenvalue weighted by Crippen LogP contribution is 2.39. The number of nitrogens with one attached hydrogen (secondary N) is 1. The molecule has 1 aliphatic rings. The number of thioether (sulfide) groups is 1. The van der Waals surface area contributed by atoms with E-state index < -0.39 is 5.97 Å². The second kappa shape index (κ2) is 3.06. The van der Waals surface area contributed by atoms with Crippen molar-refractivity contribution < 1.29 is 9.90 Å². The van der Waals surface area contributed by atoms with E-state index in [-0.39, 0.29) is 9.48 Å². The van der Waals surface area contributed by atoms with E-state index in [0.717, 1.165) is 6.42 Å². The number of alkyl halides is 1. The summed E-state index contributed by atoms with van der Waals surface area (Å²) in [7, 11) is 0. The molecule has 3 nitrogen and oxygen atoms in total. The molecule has 0 saturated carbocycles. The van der Waals surface area contributed by atoms with Crippen LogP contribution in [0, 0.1) is 0 Å². The first-order chi connectivity index (χ1) is 5.07. The molecule has 0 aliphatic carbocycles. The molecule has 0 spiro atoms. The van der Waals surface area contributed by atoms with Crippen LogP contribution in [0.2, 0.25) is 0 Å². The molecule has 2 N–H and O–H groups in total. The van der Waals surface area contributed by atoms with E-state index in [0.29, 0.717) is 0 Å². The maximum absolute atomic E-state index is 10.4. The van der Waals surface area contributed by atoms with Crippen LogP contribution in [0.25, 0.3) is 0 Å². The number of carbonyl (C=O) groups is 1. The smallest absolute Gasteiger partial charge is 0.352 e. The Bertz CT molecular complexity index is 219. The van der Waals surface area contributed by atoms with Crippen molar-refractivity contribution in [1.82, 2.24) is 5.32 Å². The third-order valence-corrected chi connectivity index (χ3v) is 3.81. The minimum Gasteiger partial charge on any atom is -0.477 e. The quantitative estimate of drug-likeness (QED) is 0.568. The van der Waals surface area contributed by atoms with Crippen molar-refractivity contribution in [2.75, 3.05) is 0 Å². The first-order valence-corrected chi connectivity index (χ1v) is 4.83. The lowest BCUT2D eigenvalue weighted by molar-refractivity contribution is -0.133. The van der Waals surface area contributed by atoms with Crippen LogP contribution in [0.5, 0.6) is 0 Å². The van der Waals surface area contributed by atoms with Gasteiger partial charge in [-0.25, -0.2) is 4.79 Å². The van der Waals surface area contributed by atoms with Gasteiger partial charge in [-0.05, 0) is 22.4 Å². The Balaban J connectivity index is 2.62. The van der Waals surface area contributed by atoms with Gasteiger partial charge in [-0.2, -0.15) is 0 Å². The van der Waals surface area contributed by atoms with Crippen LogP contribution < -0.4 is 5.32 Å². The SMILES string of the molecule is CCC1(Br)NC(C(=O)O)=CS1. The van der Waals surface area contributed by atoms with E-state index in [1.165, 1.54) is 11.8 Å². The lowest BCUT2D eigenvalue weighted by atomic mass is 10.4. The van der Waals surface area contributed by atoms with Gasteiger partial charge in [0.2, 0.25) is 0 Å². The van der Waals surface area contributed by atoms with E-state index >= 15 is 0 Å². The molecule has 0 fully saturated rings. The largest absolute Gasteiger partial charge is 0.477 e. The van der Waals surface area contributed by atoms with Gasteiger partial charge in [0.1, 0.15) is 9.48 Å². The molecule has 0 amide bonds. The zero-order valence-electron chi connectivity index (χ0n) is 5.93. The van der Waals surface area contributed by atoms with Gasteiger partial charge in [0.25, 0.3) is 0 Å². The van der Waals surface area contributed by atoms with Crippen LogP contribution >= 0.6 is 27.7 Å². The molecule has 0 aromatic heterocycles. The van der Waals surface area contributed by atoms with E-state index in [1.54, 1.807) is 5.41 Å². The third-order valence-electron chi connectivity index (χ3n) is 1.37. The average Bonchev–Trinajstić information content (AvgIpc) is 2.33. The zero-order chi connectivity index (χ0) is 8.48. The van der Waals surface area contributed by atoms with Gasteiger partial charge in [0, 0.05) is 5.41 Å². The first kappa shape index (κ1) is 8.93. The van der Waals surface area contributed by atoms with Crippen LogP contribution in [0.1, 0.15) is 13.3 Å². The highest BCUT2D eigenvalue weighted by molar-refractivity contribution is 9.12. The Morgan fingerprint density at radius 1 is 2.00 bits per heavy atom. The molecular weight excluding hydrogens is 230 g/mol. The summed E-state index contributed by atoms with van der Waals surface area (Å²) in [4.78, 5) is 10.4. The van der Waals surface area contributed by atoms with Crippen LogP contribution in [0.3, 0.4) is 0 Å². The summed E-state index contributed by atoms with van der Waals surface area (Å²) in [5.74, 6) is -0.910. The molecule has 5 heteroatoms. The maximum atomic E-state index is 10.4. The van der Waals surface area contributed by atoms with E-state index in [9.17, 15) is 4.79 Å². The van der Waals surface area contributed by atoms with E-state index in [2.05, 4.69) is 21.2 Å². The van der Waals surface area contributed by atoms with Crippen molar-refractivity contribution in [3.8, 4) is 0 Å². The van der Waals surface area contributed by atoms with Gasteiger partial charge in [-0.15, -0.1) is 0 Å². The van der Waals surface area contributed by atoms with Gasteiger partial charge in [-0.3, -0.25) is 0 Å². The molecular formula is C6H8BrNO2S. The lowest BCUT2D eigenvalue weighted by Crippen LogP contribution is -2.32. The fourth-order valence-electron chi connectivity index (χ4n) is 0.688. The minimum atomic E-state index is -0.910. The number of aliphatic carboxylic acids is 1. The topological polar surface area (TPSA) is 49.3 Å². The lowest BCUT2D eigenvalue weighted by Gasteiger charge is -2.19. The van der Waals surface area contributed by atoms with E-state index in [1.807, 2.05) is 6.92 Å². The third kappa shape index (κ3) is 1.90. The Hall–Kier alpha value is -0.160. The van der Waals surface area contributed by atoms with Crippen molar-refractivity contribution in [3.05, 3.63) is 11.1 Å². The molecule has 62 valence electrons. The molecule has 0 aromatic carbocycles. The Kier molecular flexibility index (Phi) is 2.49. The standard InChI is InChI=1S/C6H8BrNO2S/c1-2-6(7)8-4(3-11-6)5(9)10/h3,8H,2H2,1H3,(H,9,10). The molecule has 1 unspecified atom stereocenters. The molecule has 0 radical (unpaired) electrons. The van der Waals surface area contributed by atoms with Gasteiger partial charge in [0.05, 0.1) is 0 Å². The number of halogens is 1. The molecule has 0 saturated heterocycles. The summed E-state index contributed by atoms with van der Waals surface area (Å²) in [6, 6.07) is 0. The minimum absolute atomic E-state index is 0.258. The molecule has 1 aliphatic heterocycles. The Labute approximate surface area is 77.4 Å². The molecule has 1 heterocycles. The monoisotopic (exact) mass is 237 g/mol. The second-order valence-electron chi connectivity index (χ2n) is 2.16. The predicted molar refractivity (Wildman–Crippen MR) is 48.4 cm³/mol. The second-order valence-corrected chi connectivity index (χ2v) is 5.21. The molecule has 1 atom stereocenters. The zero-order valence-corrected chi connectivity index (χ0v) is 8.33. The first-order valence-electron chi connectivity index (χ1n) is 3.16. The normalized spacial score (nSPS) is 29.5. The van der Waals surface area contributed by atoms with Crippen LogP contribution in [0.15, 0.2) is 11.1 Å². The van der Waals surface area contributed by atoms with Gasteiger partial charge in [0.15, 0.2) is 0 Å². The number of rotatable bonds is 2. The van der Waals surface area contributed by atoms with Crippen LogP contribution in [-0.4, -0.2) is 14.9 Å². The average molecular weight is 238 g/mol. The highest BCUT2D eigenvalue weighted by atomic mass is 79.9. The van der Waals surface area contributed by atoms with Crippen molar-refractivity contribution in [1.29, 1.82) is 0 Å². The fourth-order valence-corrected chi connectivity index (χ4v) is 1.98. The molecule has 11 heavy (non-hydrogen) atoms. The van der Waals surface area contributed by atoms with E-state index in [4.69, 9.17) is 5.11 Å². The van der Waals surface area contributed by atoms with Crippen molar-refractivity contribution in [2.24, 2.45) is 0 Å². The Morgan fingerprint density at radius 2 is 2.64 bits per heavy atom. The van der Waals surface area contributed by atoms with Gasteiger partial charge in [-0.1, -0.05) is 18.7 Å². The summed E-state index contributed by atoms with van der Waals surface area (Å²) in [6.45, 7) is 1.98. The van der Waals surface area contributed by atoms with Crippen molar-refractivity contribution in [2.45, 2.75) is 17.1 Å². The summed E-state index contributed by atoms with van der Waals surface area (Å²) < 4.78 is -0.305. The number of hydrogen-bond acceptors (Lipinski definition) is 3. The van der Waals surface area contributed by atoms with Crippen LogP contribution in [-0.2, 0) is 4.79 Å². The molecule has 0 aromatic rings. The van der Waals surface area contributed by atoms with Gasteiger partial charge >= 0.3 is 5.97 Å². The fraction of sp³-hybridized carbons (Fsp3) is 0.500. The highest BCUT2D eigenvalue weighted by Gasteiger charge is 2.32. The van der Waals surface area contributed by atoms with Crippen LogP contribution in [0.4, 0.5) is 0 Å². The number of carboxylic acid groups (broad SMARTS) is 1. The maximum Gasteiger partial charge on any atom is 0.352 e. The molecule has 0 bridgehead atoms. The summed E-state index contributed by atoms with van der Waals surface area (Å²) in [5, 5.41) is 13.0. The number of carboxylic acids is 1. The molecule has 1 rings (SSSR count).